The van der Waals surface area contributed by atoms with Crippen molar-refractivity contribution < 1.29 is 23.9 Å². The van der Waals surface area contributed by atoms with Crippen LogP contribution in [0.5, 0.6) is 0 Å². The highest BCUT2D eigenvalue weighted by molar-refractivity contribution is 5.95. The summed E-state index contributed by atoms with van der Waals surface area (Å²) >= 11 is 0. The molecule has 1 aromatic carbocycles. The van der Waals surface area contributed by atoms with Gasteiger partial charge in [-0.1, -0.05) is 13.0 Å². The van der Waals surface area contributed by atoms with Gasteiger partial charge in [-0.05, 0) is 44.5 Å². The summed E-state index contributed by atoms with van der Waals surface area (Å²) in [4.78, 5) is 34.6. The second-order valence-electron chi connectivity index (χ2n) is 5.00. The van der Waals surface area contributed by atoms with Crippen molar-refractivity contribution in [2.75, 3.05) is 11.9 Å². The molecule has 124 valence electrons. The molecule has 0 aliphatic rings. The van der Waals surface area contributed by atoms with E-state index in [2.05, 4.69) is 5.32 Å². The van der Waals surface area contributed by atoms with Gasteiger partial charge >= 0.3 is 11.9 Å². The molecular formula is C17H21NO5. The van der Waals surface area contributed by atoms with Crippen LogP contribution in [0.2, 0.25) is 0 Å². The van der Waals surface area contributed by atoms with Crippen molar-refractivity contribution >= 4 is 23.5 Å². The summed E-state index contributed by atoms with van der Waals surface area (Å²) in [7, 11) is 0. The lowest BCUT2D eigenvalue weighted by Crippen LogP contribution is -2.20. The number of hydrogen-bond acceptors (Lipinski definition) is 5. The topological polar surface area (TPSA) is 81.7 Å². The van der Waals surface area contributed by atoms with Gasteiger partial charge in [-0.25, -0.2) is 9.59 Å². The van der Waals surface area contributed by atoms with Gasteiger partial charge in [0.25, 0.3) is 5.91 Å². The average Bonchev–Trinajstić information content (AvgIpc) is 2.51. The third kappa shape index (κ3) is 7.26. The molecule has 0 aliphatic carbocycles. The molecule has 1 amide bonds. The zero-order valence-electron chi connectivity index (χ0n) is 13.5. The zero-order chi connectivity index (χ0) is 17.2. The largest absolute Gasteiger partial charge is 0.459 e. The van der Waals surface area contributed by atoms with Gasteiger partial charge < -0.3 is 14.8 Å². The average molecular weight is 319 g/mol. The van der Waals surface area contributed by atoms with E-state index in [0.29, 0.717) is 17.7 Å². The number of allylic oxidation sites excluding steroid dienone is 1. The number of nitrogens with one attached hydrogen (secondary N) is 1. The van der Waals surface area contributed by atoms with Gasteiger partial charge in [0.05, 0.1) is 11.7 Å². The number of hydrogen-bond donors (Lipinski definition) is 1. The monoisotopic (exact) mass is 319 g/mol. The van der Waals surface area contributed by atoms with Gasteiger partial charge in [0, 0.05) is 11.8 Å². The predicted octanol–water partition coefficient (Wildman–Crippen LogP) is 2.70. The van der Waals surface area contributed by atoms with Crippen LogP contribution in [0.25, 0.3) is 0 Å². The van der Waals surface area contributed by atoms with Crippen molar-refractivity contribution in [3.63, 3.8) is 0 Å². The van der Waals surface area contributed by atoms with Gasteiger partial charge in [-0.2, -0.15) is 0 Å². The molecule has 1 rings (SSSR count). The van der Waals surface area contributed by atoms with E-state index < -0.39 is 17.8 Å². The minimum Gasteiger partial charge on any atom is -0.459 e. The lowest BCUT2D eigenvalue weighted by Gasteiger charge is -2.09. The van der Waals surface area contributed by atoms with Crippen molar-refractivity contribution in [1.29, 1.82) is 0 Å². The van der Waals surface area contributed by atoms with Crippen LogP contribution < -0.4 is 5.32 Å². The van der Waals surface area contributed by atoms with Gasteiger partial charge in [-0.3, -0.25) is 4.79 Å². The summed E-state index contributed by atoms with van der Waals surface area (Å²) in [5, 5.41) is 2.57. The van der Waals surface area contributed by atoms with E-state index in [1.165, 1.54) is 6.08 Å². The quantitative estimate of drug-likeness (QED) is 0.617. The number of esters is 2. The highest BCUT2D eigenvalue weighted by Gasteiger charge is 2.10. The first-order valence-corrected chi connectivity index (χ1v) is 7.36. The number of anilines is 1. The van der Waals surface area contributed by atoms with Gasteiger partial charge in [0.15, 0.2) is 6.61 Å². The van der Waals surface area contributed by atoms with E-state index >= 15 is 0 Å². The second-order valence-corrected chi connectivity index (χ2v) is 5.00. The summed E-state index contributed by atoms with van der Waals surface area (Å²) in [6.45, 7) is 5.05. The maximum absolute atomic E-state index is 11.7. The third-order valence-corrected chi connectivity index (χ3v) is 2.58. The molecule has 1 aromatic rings. The fourth-order valence-electron chi connectivity index (χ4n) is 1.57. The molecular weight excluding hydrogens is 298 g/mol. The molecule has 0 saturated heterocycles. The van der Waals surface area contributed by atoms with Crippen LogP contribution in [0, 0.1) is 0 Å². The minimum absolute atomic E-state index is 0.196. The van der Waals surface area contributed by atoms with Crippen molar-refractivity contribution in [3.05, 3.63) is 42.0 Å². The van der Waals surface area contributed by atoms with Crippen LogP contribution in [0.15, 0.2) is 36.4 Å². The first-order chi connectivity index (χ1) is 10.9. The first-order valence-electron chi connectivity index (χ1n) is 7.36. The van der Waals surface area contributed by atoms with Crippen molar-refractivity contribution in [2.45, 2.75) is 33.3 Å². The molecule has 1 N–H and O–H groups in total. The Labute approximate surface area is 135 Å². The number of amides is 1. The molecule has 6 heteroatoms. The molecule has 0 aliphatic heterocycles. The van der Waals surface area contributed by atoms with Crippen LogP contribution >= 0.6 is 0 Å². The summed E-state index contributed by atoms with van der Waals surface area (Å²) < 4.78 is 9.84. The highest BCUT2D eigenvalue weighted by Crippen LogP contribution is 2.11. The van der Waals surface area contributed by atoms with Crippen LogP contribution in [0.4, 0.5) is 5.69 Å². The number of carbonyl (C=O) groups is 3. The Morgan fingerprint density at radius 2 is 1.83 bits per heavy atom. The lowest BCUT2D eigenvalue weighted by molar-refractivity contribution is -0.142. The molecule has 0 spiro atoms. The first kappa shape index (κ1) is 18.4. The smallest absolute Gasteiger partial charge is 0.338 e. The van der Waals surface area contributed by atoms with Crippen LogP contribution in [-0.2, 0) is 19.1 Å². The van der Waals surface area contributed by atoms with E-state index in [1.807, 2.05) is 6.92 Å². The zero-order valence-corrected chi connectivity index (χ0v) is 13.5. The van der Waals surface area contributed by atoms with Crippen LogP contribution in [0.3, 0.4) is 0 Å². The summed E-state index contributed by atoms with van der Waals surface area (Å²) in [6.07, 6.45) is 3.45. The van der Waals surface area contributed by atoms with E-state index in [4.69, 9.17) is 9.47 Å². The SMILES string of the molecule is CC/C=C/C(=O)OCC(=O)Nc1ccc(C(=O)OC(C)C)cc1. The number of benzene rings is 1. The Balaban J connectivity index is 2.48. The summed E-state index contributed by atoms with van der Waals surface area (Å²) in [6, 6.07) is 6.26. The fraction of sp³-hybridized carbons (Fsp3) is 0.353. The molecule has 0 aromatic heterocycles. The lowest BCUT2D eigenvalue weighted by atomic mass is 10.2. The third-order valence-electron chi connectivity index (χ3n) is 2.58. The standard InChI is InChI=1S/C17H21NO5/c1-4-5-6-16(20)22-11-15(19)18-14-9-7-13(8-10-14)17(21)23-12(2)3/h5-10,12H,4,11H2,1-3H3,(H,18,19)/b6-5+. The molecule has 23 heavy (non-hydrogen) atoms. The Kier molecular flexibility index (Phi) is 7.53. The van der Waals surface area contributed by atoms with Gasteiger partial charge in [-0.15, -0.1) is 0 Å². The molecule has 0 heterocycles. The number of ether oxygens (including phenoxy) is 2. The molecule has 0 bridgehead atoms. The van der Waals surface area contributed by atoms with Gasteiger partial charge in [0.1, 0.15) is 0 Å². The Hall–Kier alpha value is -2.63. The Morgan fingerprint density at radius 1 is 1.17 bits per heavy atom. The Morgan fingerprint density at radius 3 is 2.39 bits per heavy atom. The van der Waals surface area contributed by atoms with E-state index in [0.717, 1.165) is 0 Å². The molecule has 0 fully saturated rings. The normalized spacial score (nSPS) is 10.6. The highest BCUT2D eigenvalue weighted by atomic mass is 16.5. The van der Waals surface area contributed by atoms with E-state index in [-0.39, 0.29) is 12.7 Å². The summed E-state index contributed by atoms with van der Waals surface area (Å²) in [5.41, 5.74) is 0.893. The Bertz CT molecular complexity index is 575. The fourth-order valence-corrected chi connectivity index (χ4v) is 1.57. The van der Waals surface area contributed by atoms with Crippen LogP contribution in [0.1, 0.15) is 37.6 Å². The minimum atomic E-state index is -0.561. The number of rotatable bonds is 7. The van der Waals surface area contributed by atoms with Crippen molar-refractivity contribution in [3.8, 4) is 0 Å². The summed E-state index contributed by atoms with van der Waals surface area (Å²) in [5.74, 6) is -1.44. The van der Waals surface area contributed by atoms with E-state index in [9.17, 15) is 14.4 Å². The van der Waals surface area contributed by atoms with E-state index in [1.54, 1.807) is 44.2 Å². The molecule has 0 radical (unpaired) electrons. The second kappa shape index (κ2) is 9.40. The van der Waals surface area contributed by atoms with Crippen molar-refractivity contribution in [1.82, 2.24) is 0 Å². The predicted molar refractivity (Wildman–Crippen MR) is 86.0 cm³/mol. The maximum Gasteiger partial charge on any atom is 0.338 e. The molecule has 0 unspecified atom stereocenters. The van der Waals surface area contributed by atoms with Crippen LogP contribution in [-0.4, -0.2) is 30.6 Å². The maximum atomic E-state index is 11.7. The molecule has 0 atom stereocenters. The molecule has 6 nitrogen and oxygen atoms in total. The number of carbonyl (C=O) groups excluding carboxylic acids is 3. The molecule has 0 saturated carbocycles. The van der Waals surface area contributed by atoms with Crippen molar-refractivity contribution in [2.24, 2.45) is 0 Å². The van der Waals surface area contributed by atoms with Gasteiger partial charge in [0.2, 0.25) is 0 Å².